The van der Waals surface area contributed by atoms with Gasteiger partial charge in [-0.05, 0) is 41.5 Å². The molecule has 1 fully saturated rings. The van der Waals surface area contributed by atoms with Gasteiger partial charge in [0, 0.05) is 24.3 Å². The first-order chi connectivity index (χ1) is 8.29. The van der Waals surface area contributed by atoms with E-state index in [-0.39, 0.29) is 0 Å². The summed E-state index contributed by atoms with van der Waals surface area (Å²) in [6, 6.07) is 2.84. The molecule has 3 rings (SSSR count). The van der Waals surface area contributed by atoms with Crippen molar-refractivity contribution >= 4 is 22.6 Å². The van der Waals surface area contributed by atoms with E-state index < -0.39 is 0 Å². The van der Waals surface area contributed by atoms with Crippen LogP contribution < -0.4 is 5.32 Å². The maximum absolute atomic E-state index is 5.53. The van der Waals surface area contributed by atoms with Crippen molar-refractivity contribution in [2.45, 2.75) is 32.0 Å². The molecular formula is C12H14IN3O. The van der Waals surface area contributed by atoms with Crippen molar-refractivity contribution in [3.63, 3.8) is 0 Å². The number of rotatable bonds is 5. The molecule has 0 bridgehead atoms. The van der Waals surface area contributed by atoms with Crippen molar-refractivity contribution < 1.29 is 4.42 Å². The van der Waals surface area contributed by atoms with Crippen LogP contribution in [-0.2, 0) is 13.1 Å². The zero-order valence-electron chi connectivity index (χ0n) is 9.40. The fraction of sp³-hybridized carbons (Fsp3) is 0.417. The van der Waals surface area contributed by atoms with Gasteiger partial charge in [-0.3, -0.25) is 4.68 Å². The molecule has 0 aliphatic heterocycles. The average molecular weight is 343 g/mol. The smallest absolute Gasteiger partial charge is 0.125 e. The Morgan fingerprint density at radius 1 is 1.53 bits per heavy atom. The van der Waals surface area contributed by atoms with E-state index >= 15 is 0 Å². The predicted octanol–water partition coefficient (Wildman–Crippen LogP) is 2.38. The number of furan rings is 1. The van der Waals surface area contributed by atoms with Crippen molar-refractivity contribution in [1.82, 2.24) is 15.1 Å². The van der Waals surface area contributed by atoms with Crippen LogP contribution in [0, 0.1) is 3.57 Å². The highest BCUT2D eigenvalue weighted by Gasteiger charge is 2.20. The van der Waals surface area contributed by atoms with Crippen LogP contribution >= 0.6 is 22.6 Å². The number of halogens is 1. The lowest BCUT2D eigenvalue weighted by Gasteiger charge is -1.97. The topological polar surface area (TPSA) is 43.0 Å². The molecule has 0 amide bonds. The second-order valence-electron chi connectivity index (χ2n) is 4.43. The van der Waals surface area contributed by atoms with Crippen LogP contribution in [0.25, 0.3) is 0 Å². The minimum Gasteiger partial charge on any atom is -0.467 e. The Kier molecular flexibility index (Phi) is 3.19. The van der Waals surface area contributed by atoms with Gasteiger partial charge in [0.2, 0.25) is 0 Å². The Balaban J connectivity index is 1.59. The van der Waals surface area contributed by atoms with Gasteiger partial charge in [0.05, 0.1) is 22.6 Å². The molecule has 2 aromatic rings. The van der Waals surface area contributed by atoms with E-state index in [0.29, 0.717) is 6.54 Å². The first kappa shape index (κ1) is 11.3. The highest BCUT2D eigenvalue weighted by atomic mass is 127. The predicted molar refractivity (Wildman–Crippen MR) is 72.6 cm³/mol. The van der Waals surface area contributed by atoms with E-state index in [1.165, 1.54) is 18.4 Å². The molecule has 5 heteroatoms. The lowest BCUT2D eigenvalue weighted by Crippen LogP contribution is -2.14. The molecule has 0 spiro atoms. The Morgan fingerprint density at radius 3 is 3.12 bits per heavy atom. The van der Waals surface area contributed by atoms with E-state index in [1.807, 2.05) is 23.3 Å². The van der Waals surface area contributed by atoms with E-state index in [2.05, 4.69) is 39.1 Å². The summed E-state index contributed by atoms with van der Waals surface area (Å²) in [7, 11) is 0. The van der Waals surface area contributed by atoms with Crippen LogP contribution in [0.3, 0.4) is 0 Å². The molecule has 2 heterocycles. The summed E-state index contributed by atoms with van der Waals surface area (Å²) in [6.07, 6.45) is 8.32. The molecule has 17 heavy (non-hydrogen) atoms. The van der Waals surface area contributed by atoms with E-state index in [4.69, 9.17) is 4.42 Å². The highest BCUT2D eigenvalue weighted by Crippen LogP contribution is 2.19. The minimum absolute atomic E-state index is 0.701. The molecule has 1 aliphatic rings. The maximum Gasteiger partial charge on any atom is 0.125 e. The summed E-state index contributed by atoms with van der Waals surface area (Å²) in [4.78, 5) is 0. The first-order valence-electron chi connectivity index (χ1n) is 5.77. The van der Waals surface area contributed by atoms with Gasteiger partial charge in [0.25, 0.3) is 0 Å². The molecule has 0 radical (unpaired) electrons. The Morgan fingerprint density at radius 2 is 2.41 bits per heavy atom. The van der Waals surface area contributed by atoms with Gasteiger partial charge in [-0.15, -0.1) is 0 Å². The zero-order chi connectivity index (χ0) is 11.7. The third-order valence-corrected chi connectivity index (χ3v) is 3.36. The molecule has 4 nitrogen and oxygen atoms in total. The van der Waals surface area contributed by atoms with Crippen molar-refractivity contribution in [3.05, 3.63) is 39.6 Å². The molecule has 0 aromatic carbocycles. The Bertz CT molecular complexity index is 501. The third-order valence-electron chi connectivity index (χ3n) is 2.80. The summed E-state index contributed by atoms with van der Waals surface area (Å²) in [5.41, 5.74) is 1.22. The van der Waals surface area contributed by atoms with Crippen molar-refractivity contribution in [2.24, 2.45) is 0 Å². The van der Waals surface area contributed by atoms with Gasteiger partial charge in [-0.2, -0.15) is 5.10 Å². The lowest BCUT2D eigenvalue weighted by atomic mass is 10.3. The van der Waals surface area contributed by atoms with Crippen molar-refractivity contribution in [3.8, 4) is 0 Å². The number of aromatic nitrogens is 2. The van der Waals surface area contributed by atoms with Crippen LogP contribution in [0.1, 0.15) is 24.2 Å². The minimum atomic E-state index is 0.701. The van der Waals surface area contributed by atoms with E-state index in [0.717, 1.165) is 21.9 Å². The van der Waals surface area contributed by atoms with Gasteiger partial charge in [0.15, 0.2) is 0 Å². The van der Waals surface area contributed by atoms with Gasteiger partial charge in [-0.25, -0.2) is 0 Å². The zero-order valence-corrected chi connectivity index (χ0v) is 11.6. The third kappa shape index (κ3) is 3.10. The molecule has 90 valence electrons. The second-order valence-corrected chi connectivity index (χ2v) is 5.68. The quantitative estimate of drug-likeness (QED) is 0.848. The van der Waals surface area contributed by atoms with Crippen LogP contribution in [0.4, 0.5) is 0 Å². The molecule has 0 saturated heterocycles. The monoisotopic (exact) mass is 343 g/mol. The highest BCUT2D eigenvalue weighted by molar-refractivity contribution is 14.1. The lowest BCUT2D eigenvalue weighted by molar-refractivity contribution is 0.478. The normalized spacial score (nSPS) is 15.4. The summed E-state index contributed by atoms with van der Waals surface area (Å²) in [5, 5.41) is 7.71. The summed E-state index contributed by atoms with van der Waals surface area (Å²) < 4.78 is 8.56. The standard InChI is InChI=1S/C12H14IN3O/c13-10-5-15-16(6-10)7-12-3-9(8-17-12)4-14-11-1-2-11/h3,5-6,8,11,14H,1-2,4,7H2. The fourth-order valence-corrected chi connectivity index (χ4v) is 2.18. The summed E-state index contributed by atoms with van der Waals surface area (Å²) >= 11 is 2.25. The van der Waals surface area contributed by atoms with Gasteiger partial charge in [-0.1, -0.05) is 0 Å². The van der Waals surface area contributed by atoms with Crippen molar-refractivity contribution in [1.29, 1.82) is 0 Å². The Labute approximate surface area is 114 Å². The van der Waals surface area contributed by atoms with Crippen LogP contribution in [-0.4, -0.2) is 15.8 Å². The average Bonchev–Trinajstić information content (AvgIpc) is 2.90. The summed E-state index contributed by atoms with van der Waals surface area (Å²) in [6.45, 7) is 1.61. The molecular weight excluding hydrogens is 329 g/mol. The fourth-order valence-electron chi connectivity index (χ4n) is 1.74. The SMILES string of the molecule is Ic1cnn(Cc2cc(CNC3CC3)co2)c1. The first-order valence-corrected chi connectivity index (χ1v) is 6.85. The molecule has 1 aliphatic carbocycles. The number of hydrogen-bond acceptors (Lipinski definition) is 3. The second kappa shape index (κ2) is 4.81. The number of nitrogens with one attached hydrogen (secondary N) is 1. The van der Waals surface area contributed by atoms with Crippen LogP contribution in [0.5, 0.6) is 0 Å². The van der Waals surface area contributed by atoms with Gasteiger partial charge < -0.3 is 9.73 Å². The largest absolute Gasteiger partial charge is 0.467 e. The molecule has 1 N–H and O–H groups in total. The maximum atomic E-state index is 5.53. The number of hydrogen-bond donors (Lipinski definition) is 1. The van der Waals surface area contributed by atoms with Crippen LogP contribution in [0.15, 0.2) is 29.1 Å². The van der Waals surface area contributed by atoms with Crippen LogP contribution in [0.2, 0.25) is 0 Å². The molecule has 1 saturated carbocycles. The van der Waals surface area contributed by atoms with Gasteiger partial charge >= 0.3 is 0 Å². The van der Waals surface area contributed by atoms with Crippen molar-refractivity contribution in [2.75, 3.05) is 0 Å². The Hall–Kier alpha value is -0.820. The number of nitrogens with zero attached hydrogens (tertiary/aromatic N) is 2. The molecule has 2 aromatic heterocycles. The molecule has 0 atom stereocenters. The summed E-state index contributed by atoms with van der Waals surface area (Å²) in [5.74, 6) is 0.956. The van der Waals surface area contributed by atoms with E-state index in [1.54, 1.807) is 0 Å². The molecule has 0 unspecified atom stereocenters. The van der Waals surface area contributed by atoms with Gasteiger partial charge in [0.1, 0.15) is 5.76 Å². The van der Waals surface area contributed by atoms with E-state index in [9.17, 15) is 0 Å².